The highest BCUT2D eigenvalue weighted by Crippen LogP contribution is 2.30. The molecule has 0 aromatic heterocycles. The third-order valence-corrected chi connectivity index (χ3v) is 3.84. The molecule has 1 heterocycles. The lowest BCUT2D eigenvalue weighted by molar-refractivity contribution is 0.260. The molecule has 16 heavy (non-hydrogen) atoms. The Morgan fingerprint density at radius 3 is 2.50 bits per heavy atom. The number of hydrogen-bond acceptors (Lipinski definition) is 2. The second-order valence-corrected chi connectivity index (χ2v) is 5.25. The van der Waals surface area contributed by atoms with Gasteiger partial charge in [-0.25, -0.2) is 0 Å². The molecule has 1 aromatic carbocycles. The summed E-state index contributed by atoms with van der Waals surface area (Å²) in [6, 6.07) is 4.47. The maximum absolute atomic E-state index is 6.01. The van der Waals surface area contributed by atoms with Crippen molar-refractivity contribution < 1.29 is 0 Å². The Morgan fingerprint density at radius 2 is 2.00 bits per heavy atom. The van der Waals surface area contributed by atoms with E-state index < -0.39 is 0 Å². The van der Waals surface area contributed by atoms with Crippen LogP contribution in [0.3, 0.4) is 0 Å². The maximum atomic E-state index is 6.01. The van der Waals surface area contributed by atoms with Crippen molar-refractivity contribution >= 4 is 28.9 Å². The molecule has 0 amide bonds. The fourth-order valence-electron chi connectivity index (χ4n) is 2.19. The van der Waals surface area contributed by atoms with E-state index in [1.807, 2.05) is 12.1 Å². The molecular weight excluding hydrogens is 243 g/mol. The van der Waals surface area contributed by atoms with E-state index in [-0.39, 0.29) is 0 Å². The second-order valence-electron chi connectivity index (χ2n) is 4.43. The van der Waals surface area contributed by atoms with Gasteiger partial charge in [0.2, 0.25) is 0 Å². The zero-order valence-corrected chi connectivity index (χ0v) is 10.9. The van der Waals surface area contributed by atoms with E-state index in [0.29, 0.717) is 21.8 Å². The van der Waals surface area contributed by atoms with Gasteiger partial charge in [-0.05, 0) is 44.0 Å². The van der Waals surface area contributed by atoms with Gasteiger partial charge in [0.15, 0.2) is 0 Å². The average Bonchev–Trinajstić information content (AvgIpc) is 2.61. The van der Waals surface area contributed by atoms with Crippen molar-refractivity contribution in [1.29, 1.82) is 0 Å². The number of halogens is 2. The van der Waals surface area contributed by atoms with Crippen LogP contribution in [0.15, 0.2) is 12.1 Å². The van der Waals surface area contributed by atoms with E-state index in [2.05, 4.69) is 11.8 Å². The summed E-state index contributed by atoms with van der Waals surface area (Å²) in [6.45, 7) is 4.31. The Bertz CT molecular complexity index is 370. The molecule has 88 valence electrons. The van der Waals surface area contributed by atoms with Crippen molar-refractivity contribution in [2.45, 2.75) is 32.4 Å². The van der Waals surface area contributed by atoms with E-state index in [1.54, 1.807) is 0 Å². The third-order valence-electron chi connectivity index (χ3n) is 3.22. The number of rotatable bonds is 2. The molecule has 1 atom stereocenters. The van der Waals surface area contributed by atoms with Gasteiger partial charge in [0.1, 0.15) is 0 Å². The van der Waals surface area contributed by atoms with Crippen LogP contribution in [0.5, 0.6) is 0 Å². The first-order chi connectivity index (χ1) is 7.58. The Labute approximate surface area is 106 Å². The highest BCUT2D eigenvalue weighted by molar-refractivity contribution is 6.38. The van der Waals surface area contributed by atoms with Gasteiger partial charge in [0.25, 0.3) is 0 Å². The predicted molar refractivity (Wildman–Crippen MR) is 70.0 cm³/mol. The summed E-state index contributed by atoms with van der Waals surface area (Å²) < 4.78 is 0. The van der Waals surface area contributed by atoms with E-state index in [9.17, 15) is 0 Å². The van der Waals surface area contributed by atoms with E-state index in [4.69, 9.17) is 28.9 Å². The normalized spacial score (nSPS) is 21.6. The lowest BCUT2D eigenvalue weighted by atomic mass is 10.2. The summed E-state index contributed by atoms with van der Waals surface area (Å²) in [6.07, 6.45) is 2.55. The Morgan fingerprint density at radius 1 is 1.38 bits per heavy atom. The third kappa shape index (κ3) is 2.45. The summed E-state index contributed by atoms with van der Waals surface area (Å²) in [4.78, 5) is 2.44. The molecule has 0 bridgehead atoms. The molecule has 4 heteroatoms. The number of anilines is 1. The van der Waals surface area contributed by atoms with Gasteiger partial charge in [-0.3, -0.25) is 4.90 Å². The first-order valence-corrected chi connectivity index (χ1v) is 6.31. The zero-order valence-electron chi connectivity index (χ0n) is 9.34. The van der Waals surface area contributed by atoms with Crippen molar-refractivity contribution in [3.8, 4) is 0 Å². The minimum Gasteiger partial charge on any atom is -0.396 e. The van der Waals surface area contributed by atoms with Crippen LogP contribution in [0, 0.1) is 0 Å². The van der Waals surface area contributed by atoms with Crippen LogP contribution in [-0.2, 0) is 6.54 Å². The largest absolute Gasteiger partial charge is 0.396 e. The topological polar surface area (TPSA) is 29.3 Å². The van der Waals surface area contributed by atoms with E-state index >= 15 is 0 Å². The fraction of sp³-hybridized carbons (Fsp3) is 0.500. The van der Waals surface area contributed by atoms with Crippen LogP contribution < -0.4 is 5.73 Å². The van der Waals surface area contributed by atoms with Crippen LogP contribution in [0.1, 0.15) is 25.3 Å². The lowest BCUT2D eigenvalue weighted by Crippen LogP contribution is -2.26. The Balaban J connectivity index is 2.15. The molecule has 2 nitrogen and oxygen atoms in total. The molecule has 2 rings (SSSR count). The maximum Gasteiger partial charge on any atom is 0.0693 e. The van der Waals surface area contributed by atoms with Crippen LogP contribution in [0.2, 0.25) is 10.0 Å². The molecule has 1 aromatic rings. The van der Waals surface area contributed by atoms with Gasteiger partial charge < -0.3 is 5.73 Å². The highest BCUT2D eigenvalue weighted by atomic mass is 35.5. The van der Waals surface area contributed by atoms with Gasteiger partial charge in [-0.2, -0.15) is 0 Å². The standard InChI is InChI=1S/C12H16Cl2N2/c1-8-3-2-4-16(8)7-9-5-10(13)12(15)11(14)6-9/h5-6,8H,2-4,7,15H2,1H3. The zero-order chi connectivity index (χ0) is 11.7. The quantitative estimate of drug-likeness (QED) is 0.823. The van der Waals surface area contributed by atoms with Gasteiger partial charge >= 0.3 is 0 Å². The number of hydrogen-bond donors (Lipinski definition) is 1. The Hall–Kier alpha value is -0.440. The van der Waals surface area contributed by atoms with Crippen molar-refractivity contribution in [2.75, 3.05) is 12.3 Å². The van der Waals surface area contributed by atoms with Crippen molar-refractivity contribution in [3.63, 3.8) is 0 Å². The molecule has 1 fully saturated rings. The molecule has 1 aliphatic heterocycles. The summed E-state index contributed by atoms with van der Waals surface area (Å²) in [5, 5.41) is 1.10. The van der Waals surface area contributed by atoms with Gasteiger partial charge in [-0.15, -0.1) is 0 Å². The monoisotopic (exact) mass is 258 g/mol. The number of nitrogens with two attached hydrogens (primary N) is 1. The highest BCUT2D eigenvalue weighted by Gasteiger charge is 2.20. The second kappa shape index (κ2) is 4.82. The molecule has 1 aliphatic rings. The minimum absolute atomic E-state index is 0.474. The lowest BCUT2D eigenvalue weighted by Gasteiger charge is -2.21. The summed E-state index contributed by atoms with van der Waals surface area (Å²) in [5.41, 5.74) is 7.32. The first kappa shape index (κ1) is 12.0. The smallest absolute Gasteiger partial charge is 0.0693 e. The van der Waals surface area contributed by atoms with Gasteiger partial charge in [-0.1, -0.05) is 23.2 Å². The average molecular weight is 259 g/mol. The number of nitrogens with zero attached hydrogens (tertiary/aromatic N) is 1. The molecule has 0 radical (unpaired) electrons. The van der Waals surface area contributed by atoms with E-state index in [1.165, 1.54) is 12.8 Å². The number of benzene rings is 1. The van der Waals surface area contributed by atoms with Crippen LogP contribution >= 0.6 is 23.2 Å². The Kier molecular flexibility index (Phi) is 3.63. The molecular formula is C12H16Cl2N2. The van der Waals surface area contributed by atoms with Crippen LogP contribution in [0.4, 0.5) is 5.69 Å². The van der Waals surface area contributed by atoms with Crippen molar-refractivity contribution in [2.24, 2.45) is 0 Å². The molecule has 0 aliphatic carbocycles. The SMILES string of the molecule is CC1CCCN1Cc1cc(Cl)c(N)c(Cl)c1. The molecule has 0 spiro atoms. The van der Waals surface area contributed by atoms with Crippen molar-refractivity contribution in [1.82, 2.24) is 4.90 Å². The van der Waals surface area contributed by atoms with Crippen LogP contribution in [-0.4, -0.2) is 17.5 Å². The fourth-order valence-corrected chi connectivity index (χ4v) is 2.72. The number of likely N-dealkylation sites (tertiary alicyclic amines) is 1. The number of nitrogen functional groups attached to an aromatic ring is 1. The molecule has 0 saturated carbocycles. The molecule has 1 saturated heterocycles. The van der Waals surface area contributed by atoms with Gasteiger partial charge in [0.05, 0.1) is 15.7 Å². The summed E-state index contributed by atoms with van der Waals surface area (Å²) in [5.74, 6) is 0. The summed E-state index contributed by atoms with van der Waals surface area (Å²) in [7, 11) is 0. The summed E-state index contributed by atoms with van der Waals surface area (Å²) >= 11 is 12.0. The first-order valence-electron chi connectivity index (χ1n) is 5.55. The minimum atomic E-state index is 0.474. The van der Waals surface area contributed by atoms with Crippen molar-refractivity contribution in [3.05, 3.63) is 27.7 Å². The van der Waals surface area contributed by atoms with E-state index in [0.717, 1.165) is 18.7 Å². The van der Waals surface area contributed by atoms with Crippen LogP contribution in [0.25, 0.3) is 0 Å². The van der Waals surface area contributed by atoms with Gasteiger partial charge in [0, 0.05) is 12.6 Å². The molecule has 1 unspecified atom stereocenters. The molecule has 2 N–H and O–H groups in total. The predicted octanol–water partition coefficient (Wildman–Crippen LogP) is 3.56.